The van der Waals surface area contributed by atoms with E-state index in [0.717, 1.165) is 12.1 Å². The molecule has 2 heterocycles. The number of anilines is 1. The van der Waals surface area contributed by atoms with Crippen molar-refractivity contribution in [3.63, 3.8) is 0 Å². The molecule has 2 fully saturated rings. The lowest BCUT2D eigenvalue weighted by molar-refractivity contribution is -0.145. The number of halogens is 5. The van der Waals surface area contributed by atoms with E-state index in [2.05, 4.69) is 0 Å². The van der Waals surface area contributed by atoms with E-state index >= 15 is 0 Å². The minimum absolute atomic E-state index is 0.164. The third-order valence-corrected chi connectivity index (χ3v) is 8.35. The van der Waals surface area contributed by atoms with Crippen molar-refractivity contribution >= 4 is 40.7 Å². The van der Waals surface area contributed by atoms with Gasteiger partial charge in [0.2, 0.25) is 11.8 Å². The Labute approximate surface area is 254 Å². The van der Waals surface area contributed by atoms with Gasteiger partial charge in [0, 0.05) is 60.9 Å². The van der Waals surface area contributed by atoms with E-state index < -0.39 is 23.8 Å². The number of ether oxygens (including phenoxy) is 1. The second-order valence-electron chi connectivity index (χ2n) is 11.2. The van der Waals surface area contributed by atoms with Gasteiger partial charge < -0.3 is 25.2 Å². The zero-order valence-electron chi connectivity index (χ0n) is 23.8. The number of nitrogens with zero attached hydrogens (tertiary/aromatic N) is 3. The molecule has 2 N–H and O–H groups in total. The van der Waals surface area contributed by atoms with Gasteiger partial charge in [0.15, 0.2) is 0 Å². The predicted molar refractivity (Wildman–Crippen MR) is 158 cm³/mol. The maximum atomic E-state index is 14.0. The van der Waals surface area contributed by atoms with E-state index in [0.29, 0.717) is 72.7 Å². The Kier molecular flexibility index (Phi) is 10.7. The summed E-state index contributed by atoms with van der Waals surface area (Å²) >= 11 is 12.5. The number of carbonyl (C=O) groups is 2. The number of carbonyl (C=O) groups excluding carboxylic acids is 2. The van der Waals surface area contributed by atoms with E-state index in [1.165, 1.54) is 6.07 Å². The van der Waals surface area contributed by atoms with Crippen molar-refractivity contribution in [1.29, 1.82) is 0 Å². The van der Waals surface area contributed by atoms with Gasteiger partial charge in [-0.25, -0.2) is 0 Å². The first-order valence-electron chi connectivity index (χ1n) is 14.2. The second-order valence-corrected chi connectivity index (χ2v) is 12.1. The molecule has 2 amide bonds. The van der Waals surface area contributed by atoms with Crippen LogP contribution in [0.25, 0.3) is 0 Å². The highest BCUT2D eigenvalue weighted by atomic mass is 35.5. The molecule has 0 bridgehead atoms. The molecular weight excluding hydrogens is 592 g/mol. The van der Waals surface area contributed by atoms with Crippen LogP contribution in [-0.2, 0) is 26.9 Å². The Morgan fingerprint density at radius 3 is 2.38 bits per heavy atom. The lowest BCUT2D eigenvalue weighted by Crippen LogP contribution is -2.57. The maximum Gasteiger partial charge on any atom is 0.416 e. The van der Waals surface area contributed by atoms with Crippen LogP contribution in [0.4, 0.5) is 18.9 Å². The van der Waals surface area contributed by atoms with Gasteiger partial charge in [0.25, 0.3) is 0 Å². The predicted octanol–water partition coefficient (Wildman–Crippen LogP) is 5.57. The molecule has 7 nitrogen and oxygen atoms in total. The fourth-order valence-electron chi connectivity index (χ4n) is 5.58. The highest BCUT2D eigenvalue weighted by Gasteiger charge is 2.36. The highest BCUT2D eigenvalue weighted by Crippen LogP contribution is 2.37. The quantitative estimate of drug-likeness (QED) is 0.414. The molecular formula is C30H37Cl2F3N4O3. The minimum Gasteiger partial charge on any atom is -0.379 e. The summed E-state index contributed by atoms with van der Waals surface area (Å²) in [5.74, 6) is -0.168. The van der Waals surface area contributed by atoms with Crippen LogP contribution in [-0.4, -0.2) is 73.6 Å². The van der Waals surface area contributed by atoms with Gasteiger partial charge in [-0.1, -0.05) is 43.1 Å². The molecule has 2 saturated heterocycles. The van der Waals surface area contributed by atoms with Gasteiger partial charge in [-0.2, -0.15) is 13.2 Å². The van der Waals surface area contributed by atoms with Gasteiger partial charge in [0.05, 0.1) is 25.2 Å². The fraction of sp³-hybridized carbons (Fsp3) is 0.533. The van der Waals surface area contributed by atoms with Crippen molar-refractivity contribution in [3.8, 4) is 0 Å². The van der Waals surface area contributed by atoms with E-state index in [4.69, 9.17) is 33.7 Å². The Morgan fingerprint density at radius 1 is 1.02 bits per heavy atom. The summed E-state index contributed by atoms with van der Waals surface area (Å²) in [7, 11) is 0. The van der Waals surface area contributed by atoms with E-state index in [1.54, 1.807) is 28.0 Å². The molecule has 2 aliphatic rings. The van der Waals surface area contributed by atoms with Crippen molar-refractivity contribution in [1.82, 2.24) is 9.80 Å². The van der Waals surface area contributed by atoms with Crippen LogP contribution in [0.3, 0.4) is 0 Å². The van der Waals surface area contributed by atoms with Crippen molar-refractivity contribution in [3.05, 3.63) is 63.1 Å². The van der Waals surface area contributed by atoms with Crippen molar-refractivity contribution < 1.29 is 27.5 Å². The lowest BCUT2D eigenvalue weighted by atomic mass is 9.94. The standard InChI is InChI=1S/C30H37Cl2F3N4O3/c1-19(2)15-25(36)23-17-21(30(33,34)35)4-6-26(23)37-8-10-38(11-9-37)29(41)27(39-12-14-42-13-7-28(39)40)16-20-3-5-22(31)18-24(20)32/h3-6,17-19,25,27H,7-16,36H2,1-2H3. The van der Waals surface area contributed by atoms with E-state index in [9.17, 15) is 22.8 Å². The van der Waals surface area contributed by atoms with Crippen LogP contribution in [0.15, 0.2) is 36.4 Å². The summed E-state index contributed by atoms with van der Waals surface area (Å²) in [5, 5.41) is 0.883. The summed E-state index contributed by atoms with van der Waals surface area (Å²) in [6, 6.07) is 7.43. The molecule has 2 aromatic rings. The number of amides is 2. The van der Waals surface area contributed by atoms with Gasteiger partial charge in [-0.15, -0.1) is 0 Å². The summed E-state index contributed by atoms with van der Waals surface area (Å²) < 4.78 is 46.1. The molecule has 4 rings (SSSR count). The molecule has 0 radical (unpaired) electrons. The Bertz CT molecular complexity index is 1270. The second kappa shape index (κ2) is 13.8. The molecule has 12 heteroatoms. The smallest absolute Gasteiger partial charge is 0.379 e. The number of rotatable bonds is 8. The first-order valence-corrected chi connectivity index (χ1v) is 14.9. The van der Waals surface area contributed by atoms with Crippen LogP contribution >= 0.6 is 23.2 Å². The Hall–Kier alpha value is -2.53. The first-order chi connectivity index (χ1) is 19.8. The van der Waals surface area contributed by atoms with E-state index in [1.807, 2.05) is 18.7 Å². The summed E-state index contributed by atoms with van der Waals surface area (Å²) in [6.45, 7) is 6.34. The van der Waals surface area contributed by atoms with Crippen molar-refractivity contribution in [2.45, 2.75) is 51.4 Å². The number of hydrogen-bond acceptors (Lipinski definition) is 5. The molecule has 0 saturated carbocycles. The molecule has 2 atom stereocenters. The SMILES string of the molecule is CC(C)CC(N)c1cc(C(F)(F)F)ccc1N1CCN(C(=O)C(Cc2ccc(Cl)cc2Cl)N2CCOCCC2=O)CC1. The van der Waals surface area contributed by atoms with Gasteiger partial charge in [0.1, 0.15) is 6.04 Å². The topological polar surface area (TPSA) is 79.1 Å². The molecule has 2 aromatic carbocycles. The molecule has 2 unspecified atom stereocenters. The Morgan fingerprint density at radius 2 is 1.74 bits per heavy atom. The van der Waals surface area contributed by atoms with Gasteiger partial charge in [-0.05, 0) is 53.8 Å². The Balaban J connectivity index is 1.55. The normalized spacial score (nSPS) is 18.3. The minimum atomic E-state index is -4.48. The zero-order chi connectivity index (χ0) is 30.6. The fourth-order valence-corrected chi connectivity index (χ4v) is 6.06. The molecule has 0 aliphatic carbocycles. The number of piperazine rings is 1. The summed E-state index contributed by atoms with van der Waals surface area (Å²) in [4.78, 5) is 32.3. The lowest BCUT2D eigenvalue weighted by Gasteiger charge is -2.40. The first kappa shape index (κ1) is 32.4. The van der Waals surface area contributed by atoms with Crippen LogP contribution in [0.2, 0.25) is 10.0 Å². The van der Waals surface area contributed by atoms with Gasteiger partial charge in [-0.3, -0.25) is 9.59 Å². The maximum absolute atomic E-state index is 14.0. The van der Waals surface area contributed by atoms with Crippen LogP contribution in [0.5, 0.6) is 0 Å². The summed E-state index contributed by atoms with van der Waals surface area (Å²) in [5.41, 5.74) is 7.47. The third-order valence-electron chi connectivity index (χ3n) is 7.76. The molecule has 42 heavy (non-hydrogen) atoms. The molecule has 2 aliphatic heterocycles. The molecule has 0 spiro atoms. The highest BCUT2D eigenvalue weighted by molar-refractivity contribution is 6.35. The van der Waals surface area contributed by atoms with Crippen LogP contribution < -0.4 is 10.6 Å². The molecule has 0 aromatic heterocycles. The monoisotopic (exact) mass is 628 g/mol. The third kappa shape index (κ3) is 7.89. The van der Waals surface area contributed by atoms with Crippen LogP contribution in [0.1, 0.15) is 49.4 Å². The van der Waals surface area contributed by atoms with E-state index in [-0.39, 0.29) is 37.1 Å². The van der Waals surface area contributed by atoms with Crippen molar-refractivity contribution in [2.75, 3.05) is 50.8 Å². The number of nitrogens with two attached hydrogens (primary N) is 1. The number of hydrogen-bond donors (Lipinski definition) is 1. The van der Waals surface area contributed by atoms with Crippen molar-refractivity contribution in [2.24, 2.45) is 11.7 Å². The average Bonchev–Trinajstić information content (AvgIpc) is 3.15. The van der Waals surface area contributed by atoms with Gasteiger partial charge >= 0.3 is 6.18 Å². The number of benzene rings is 2. The summed E-state index contributed by atoms with van der Waals surface area (Å²) in [6.07, 6.45) is -3.55. The van der Waals surface area contributed by atoms with Crippen LogP contribution in [0, 0.1) is 5.92 Å². The average molecular weight is 630 g/mol. The zero-order valence-corrected chi connectivity index (χ0v) is 25.3. The largest absolute Gasteiger partial charge is 0.416 e. The molecule has 230 valence electrons. The number of alkyl halides is 3.